The summed E-state index contributed by atoms with van der Waals surface area (Å²) in [6.45, 7) is 2.49. The second kappa shape index (κ2) is 6.58. The predicted molar refractivity (Wildman–Crippen MR) is 95.7 cm³/mol. The van der Waals surface area contributed by atoms with Crippen molar-refractivity contribution in [2.45, 2.75) is 17.7 Å². The summed E-state index contributed by atoms with van der Waals surface area (Å²) in [6.07, 6.45) is 0. The molecule has 0 bridgehead atoms. The Morgan fingerprint density at radius 1 is 1.17 bits per heavy atom. The monoisotopic (exact) mass is 384 g/mol. The van der Waals surface area contributed by atoms with Gasteiger partial charge in [-0.3, -0.25) is 0 Å². The third-order valence-corrected chi connectivity index (χ3v) is 7.30. The van der Waals surface area contributed by atoms with Crippen molar-refractivity contribution in [3.63, 3.8) is 0 Å². The Bertz CT molecular complexity index is 1030. The molecule has 0 aliphatic rings. The van der Waals surface area contributed by atoms with E-state index in [1.807, 2.05) is 11.5 Å². The van der Waals surface area contributed by atoms with Gasteiger partial charge in [-0.1, -0.05) is 17.4 Å². The van der Waals surface area contributed by atoms with Gasteiger partial charge in [0.15, 0.2) is 0 Å². The molecule has 6 nitrogen and oxygen atoms in total. The predicted octanol–water partition coefficient (Wildman–Crippen LogP) is 3.09. The number of sulfonamides is 1. The molecule has 3 rings (SSSR count). The molecule has 0 atom stereocenters. The third kappa shape index (κ3) is 2.83. The minimum absolute atomic E-state index is 0.224. The van der Waals surface area contributed by atoms with E-state index in [1.54, 1.807) is 43.9 Å². The number of aromatic nitrogens is 1. The summed E-state index contributed by atoms with van der Waals surface area (Å²) in [7, 11) is -0.577. The largest absolute Gasteiger partial charge is 0.495 e. The molecule has 0 amide bonds. The van der Waals surface area contributed by atoms with Gasteiger partial charge in [-0.15, -0.1) is 15.7 Å². The van der Waals surface area contributed by atoms with Crippen molar-refractivity contribution in [3.8, 4) is 11.5 Å². The summed E-state index contributed by atoms with van der Waals surface area (Å²) in [5, 5.41) is 1.72. The van der Waals surface area contributed by atoms with Crippen molar-refractivity contribution in [1.82, 2.24) is 4.57 Å². The van der Waals surface area contributed by atoms with Gasteiger partial charge in [0.2, 0.25) is 4.80 Å². The summed E-state index contributed by atoms with van der Waals surface area (Å²) in [4.78, 5) is 0.392. The fourth-order valence-corrected chi connectivity index (χ4v) is 5.75. The Kier molecular flexibility index (Phi) is 4.66. The zero-order valence-corrected chi connectivity index (χ0v) is 15.8. The van der Waals surface area contributed by atoms with Crippen LogP contribution in [-0.4, -0.2) is 27.2 Å². The van der Waals surface area contributed by atoms with Gasteiger partial charge in [0.1, 0.15) is 25.9 Å². The molecule has 1 aromatic carbocycles. The number of rotatable bonds is 5. The quantitative estimate of drug-likeness (QED) is 0.678. The maximum absolute atomic E-state index is 12.5. The van der Waals surface area contributed by atoms with Gasteiger partial charge in [0.25, 0.3) is 10.0 Å². The van der Waals surface area contributed by atoms with E-state index >= 15 is 0 Å². The van der Waals surface area contributed by atoms with E-state index in [0.717, 1.165) is 21.6 Å². The highest BCUT2D eigenvalue weighted by Crippen LogP contribution is 2.35. The zero-order valence-electron chi connectivity index (χ0n) is 13.3. The second-order valence-corrected chi connectivity index (χ2v) is 8.53. The number of ether oxygens (including phenoxy) is 2. The van der Waals surface area contributed by atoms with Crippen LogP contribution in [0.5, 0.6) is 11.5 Å². The average molecular weight is 385 g/mol. The zero-order chi connectivity index (χ0) is 17.3. The lowest BCUT2D eigenvalue weighted by atomic mass is 10.3. The highest BCUT2D eigenvalue weighted by atomic mass is 32.2. The third-order valence-electron chi connectivity index (χ3n) is 3.46. The molecular formula is C15H16N2O4S3. The van der Waals surface area contributed by atoms with Crippen molar-refractivity contribution >= 4 is 42.9 Å². The van der Waals surface area contributed by atoms with Gasteiger partial charge in [0.05, 0.1) is 14.2 Å². The Hall–Kier alpha value is -1.84. The molecule has 0 saturated carbocycles. The fraction of sp³-hybridized carbons (Fsp3) is 0.267. The molecule has 0 radical (unpaired) electrons. The van der Waals surface area contributed by atoms with Crippen molar-refractivity contribution < 1.29 is 17.9 Å². The highest BCUT2D eigenvalue weighted by molar-refractivity contribution is 7.92. The minimum Gasteiger partial charge on any atom is -0.495 e. The Labute approximate surface area is 147 Å². The van der Waals surface area contributed by atoms with Gasteiger partial charge < -0.3 is 14.0 Å². The molecule has 0 fully saturated rings. The van der Waals surface area contributed by atoms with Crippen LogP contribution in [0, 0.1) is 0 Å². The molecule has 0 aliphatic carbocycles. The molecule has 0 saturated heterocycles. The van der Waals surface area contributed by atoms with Crippen LogP contribution in [0.25, 0.3) is 10.2 Å². The molecule has 0 spiro atoms. The van der Waals surface area contributed by atoms with Crippen LogP contribution in [0.15, 0.2) is 38.3 Å². The molecule has 2 aromatic heterocycles. The number of benzene rings is 1. The van der Waals surface area contributed by atoms with E-state index in [4.69, 9.17) is 9.47 Å². The first-order valence-electron chi connectivity index (χ1n) is 7.10. The molecule has 9 heteroatoms. The van der Waals surface area contributed by atoms with E-state index in [9.17, 15) is 8.42 Å². The molecule has 24 heavy (non-hydrogen) atoms. The van der Waals surface area contributed by atoms with Crippen molar-refractivity contribution in [2.75, 3.05) is 14.2 Å². The smallest absolute Gasteiger partial charge is 0.294 e. The molecule has 0 unspecified atom stereocenters. The van der Waals surface area contributed by atoms with E-state index in [0.29, 0.717) is 22.8 Å². The number of aryl methyl sites for hydroxylation is 1. The maximum Gasteiger partial charge on any atom is 0.294 e. The van der Waals surface area contributed by atoms with Crippen molar-refractivity contribution in [2.24, 2.45) is 4.40 Å². The van der Waals surface area contributed by atoms with Crippen LogP contribution >= 0.6 is 22.7 Å². The van der Waals surface area contributed by atoms with Gasteiger partial charge in [0, 0.05) is 6.54 Å². The molecule has 2 heterocycles. The number of nitrogens with zero attached hydrogens (tertiary/aromatic N) is 2. The molecule has 128 valence electrons. The Morgan fingerprint density at radius 3 is 2.46 bits per heavy atom. The lowest BCUT2D eigenvalue weighted by molar-refractivity contribution is 0.409. The molecule has 0 N–H and O–H groups in total. The first kappa shape index (κ1) is 17.0. The average Bonchev–Trinajstić information content (AvgIpc) is 3.21. The normalized spacial score (nSPS) is 12.7. The second-order valence-electron chi connectivity index (χ2n) is 4.78. The lowest BCUT2D eigenvalue weighted by Gasteiger charge is -2.08. The number of methoxy groups -OCH3 is 2. The SMILES string of the molecule is CCn1/c(=N/S(=O)(=O)c2cccs2)sc2c(OC)ccc(OC)c21. The molecule has 0 aliphatic heterocycles. The van der Waals surface area contributed by atoms with E-state index < -0.39 is 10.0 Å². The maximum atomic E-state index is 12.5. The fourth-order valence-electron chi connectivity index (χ4n) is 2.38. The van der Waals surface area contributed by atoms with Gasteiger partial charge in [-0.05, 0) is 30.5 Å². The van der Waals surface area contributed by atoms with Crippen molar-refractivity contribution in [1.29, 1.82) is 0 Å². The highest BCUT2D eigenvalue weighted by Gasteiger charge is 2.18. The lowest BCUT2D eigenvalue weighted by Crippen LogP contribution is -2.16. The topological polar surface area (TPSA) is 69.9 Å². The summed E-state index contributed by atoms with van der Waals surface area (Å²) in [5.41, 5.74) is 0.782. The van der Waals surface area contributed by atoms with Gasteiger partial charge in [-0.2, -0.15) is 8.42 Å². The van der Waals surface area contributed by atoms with Gasteiger partial charge >= 0.3 is 0 Å². The van der Waals surface area contributed by atoms with Crippen LogP contribution in [0.1, 0.15) is 6.92 Å². The summed E-state index contributed by atoms with van der Waals surface area (Å²) in [6, 6.07) is 6.85. The van der Waals surface area contributed by atoms with Crippen LogP contribution < -0.4 is 14.3 Å². The Balaban J connectivity index is 2.35. The summed E-state index contributed by atoms with van der Waals surface area (Å²) in [5.74, 6) is 1.31. The first-order chi connectivity index (χ1) is 11.5. The van der Waals surface area contributed by atoms with Crippen LogP contribution in [0.4, 0.5) is 0 Å². The summed E-state index contributed by atoms with van der Waals surface area (Å²) >= 11 is 2.42. The van der Waals surface area contributed by atoms with Crippen LogP contribution in [0.3, 0.4) is 0 Å². The molecule has 3 aromatic rings. The Morgan fingerprint density at radius 2 is 1.88 bits per heavy atom. The number of hydrogen-bond donors (Lipinski definition) is 0. The van der Waals surface area contributed by atoms with Gasteiger partial charge in [-0.25, -0.2) is 0 Å². The number of hydrogen-bond acceptors (Lipinski definition) is 6. The van der Waals surface area contributed by atoms with Crippen LogP contribution in [0.2, 0.25) is 0 Å². The van der Waals surface area contributed by atoms with E-state index in [1.165, 1.54) is 11.3 Å². The van der Waals surface area contributed by atoms with E-state index in [-0.39, 0.29) is 4.21 Å². The molecular weight excluding hydrogens is 368 g/mol. The van der Waals surface area contributed by atoms with Crippen molar-refractivity contribution in [3.05, 3.63) is 34.4 Å². The van der Waals surface area contributed by atoms with Crippen LogP contribution in [-0.2, 0) is 16.6 Å². The minimum atomic E-state index is -3.74. The number of thiophene rings is 1. The standard InChI is InChI=1S/C15H16N2O4S3/c1-4-17-13-10(20-2)7-8-11(21-3)14(13)23-15(17)16-24(18,19)12-6-5-9-22-12/h5-9H,4H2,1-3H3/b16-15-. The number of thiazole rings is 1. The number of fused-ring (bicyclic) bond motifs is 1. The van der Waals surface area contributed by atoms with E-state index in [2.05, 4.69) is 4.40 Å². The first-order valence-corrected chi connectivity index (χ1v) is 10.2. The summed E-state index contributed by atoms with van der Waals surface area (Å²) < 4.78 is 42.7.